The first kappa shape index (κ1) is 9.50. The van der Waals surface area contributed by atoms with Crippen LogP contribution in [0.25, 0.3) is 0 Å². The molecular weight excluding hydrogens is 174 g/mol. The van der Waals surface area contributed by atoms with Crippen molar-refractivity contribution in [3.63, 3.8) is 0 Å². The van der Waals surface area contributed by atoms with Gasteiger partial charge in [0.1, 0.15) is 6.54 Å². The molecular formula is C7H11N3O3. The monoisotopic (exact) mass is 185 g/mol. The molecule has 1 aliphatic heterocycles. The molecule has 72 valence electrons. The topological polar surface area (TPSA) is 83.7 Å². The Labute approximate surface area is 75.3 Å². The lowest BCUT2D eigenvalue weighted by atomic mass is 10.3. The predicted octanol–water partition coefficient (Wildman–Crippen LogP) is -0.262. The van der Waals surface area contributed by atoms with E-state index in [-0.39, 0.29) is 18.5 Å². The highest BCUT2D eigenvalue weighted by molar-refractivity contribution is 6.09. The number of primary amides is 1. The molecule has 1 rings (SSSR count). The molecule has 5 amide bonds. The number of nitrogens with two attached hydrogens (primary N) is 1. The zero-order valence-corrected chi connectivity index (χ0v) is 7.48. The number of urea groups is 2. The van der Waals surface area contributed by atoms with E-state index in [2.05, 4.69) is 0 Å². The second-order valence-electron chi connectivity index (χ2n) is 3.06. The van der Waals surface area contributed by atoms with Crippen molar-refractivity contribution in [2.75, 3.05) is 6.54 Å². The molecule has 1 saturated heterocycles. The molecule has 0 aromatic rings. The number of nitrogens with zero attached hydrogens (tertiary/aromatic N) is 2. The molecule has 0 aromatic carbocycles. The molecule has 1 fully saturated rings. The molecule has 0 spiro atoms. The summed E-state index contributed by atoms with van der Waals surface area (Å²) in [6.07, 6.45) is 0. The number of hydrogen-bond acceptors (Lipinski definition) is 3. The van der Waals surface area contributed by atoms with Crippen LogP contribution in [0.4, 0.5) is 9.59 Å². The van der Waals surface area contributed by atoms with Crippen molar-refractivity contribution in [2.45, 2.75) is 19.9 Å². The van der Waals surface area contributed by atoms with Crippen LogP contribution in [0.2, 0.25) is 0 Å². The van der Waals surface area contributed by atoms with E-state index in [0.29, 0.717) is 0 Å². The van der Waals surface area contributed by atoms with Gasteiger partial charge < -0.3 is 5.73 Å². The summed E-state index contributed by atoms with van der Waals surface area (Å²) in [5.74, 6) is -0.390. The third-order valence-electron chi connectivity index (χ3n) is 1.78. The summed E-state index contributed by atoms with van der Waals surface area (Å²) >= 11 is 0. The van der Waals surface area contributed by atoms with Gasteiger partial charge in [0.25, 0.3) is 5.91 Å². The van der Waals surface area contributed by atoms with Crippen LogP contribution in [-0.2, 0) is 4.79 Å². The second-order valence-corrected chi connectivity index (χ2v) is 3.06. The van der Waals surface area contributed by atoms with Gasteiger partial charge in [-0.2, -0.15) is 0 Å². The van der Waals surface area contributed by atoms with Crippen molar-refractivity contribution in [3.05, 3.63) is 0 Å². The molecule has 0 aliphatic carbocycles. The predicted molar refractivity (Wildman–Crippen MR) is 43.7 cm³/mol. The number of carbonyl (C=O) groups is 3. The lowest BCUT2D eigenvalue weighted by Crippen LogP contribution is -2.41. The summed E-state index contributed by atoms with van der Waals surface area (Å²) in [6.45, 7) is 3.15. The third kappa shape index (κ3) is 1.47. The minimum atomic E-state index is -0.888. The van der Waals surface area contributed by atoms with Crippen LogP contribution >= 0.6 is 0 Å². The molecule has 0 radical (unpaired) electrons. The van der Waals surface area contributed by atoms with Crippen molar-refractivity contribution in [1.82, 2.24) is 9.80 Å². The van der Waals surface area contributed by atoms with E-state index in [1.807, 2.05) is 0 Å². The fourth-order valence-electron chi connectivity index (χ4n) is 1.20. The first-order valence-electron chi connectivity index (χ1n) is 3.88. The van der Waals surface area contributed by atoms with Gasteiger partial charge in [-0.25, -0.2) is 14.5 Å². The van der Waals surface area contributed by atoms with Crippen LogP contribution in [-0.4, -0.2) is 40.4 Å². The first-order valence-corrected chi connectivity index (χ1v) is 3.88. The maximum Gasteiger partial charge on any atom is 0.335 e. The average molecular weight is 185 g/mol. The van der Waals surface area contributed by atoms with Gasteiger partial charge in [-0.3, -0.25) is 9.69 Å². The Balaban J connectivity index is 2.88. The normalized spacial score (nSPS) is 17.5. The highest BCUT2D eigenvalue weighted by Gasteiger charge is 2.39. The maximum atomic E-state index is 11.3. The average Bonchev–Trinajstić information content (AvgIpc) is 2.26. The van der Waals surface area contributed by atoms with Crippen LogP contribution in [0.1, 0.15) is 13.8 Å². The molecule has 0 saturated carbocycles. The van der Waals surface area contributed by atoms with Crippen LogP contribution in [0.3, 0.4) is 0 Å². The molecule has 6 nitrogen and oxygen atoms in total. The minimum Gasteiger partial charge on any atom is -0.351 e. The van der Waals surface area contributed by atoms with E-state index < -0.39 is 12.1 Å². The molecule has 0 unspecified atom stereocenters. The van der Waals surface area contributed by atoms with Crippen molar-refractivity contribution >= 4 is 18.0 Å². The molecule has 0 atom stereocenters. The van der Waals surface area contributed by atoms with E-state index in [0.717, 1.165) is 9.80 Å². The smallest absolute Gasteiger partial charge is 0.335 e. The number of carbonyl (C=O) groups excluding carboxylic acids is 3. The molecule has 1 heterocycles. The van der Waals surface area contributed by atoms with Crippen molar-refractivity contribution in [2.24, 2.45) is 5.73 Å². The number of imide groups is 2. The Morgan fingerprint density at radius 2 is 2.00 bits per heavy atom. The lowest BCUT2D eigenvalue weighted by molar-refractivity contribution is -0.126. The van der Waals surface area contributed by atoms with Crippen LogP contribution in [0.5, 0.6) is 0 Å². The molecule has 6 heteroatoms. The number of amides is 5. The molecule has 0 bridgehead atoms. The van der Waals surface area contributed by atoms with Crippen LogP contribution < -0.4 is 5.73 Å². The van der Waals surface area contributed by atoms with Gasteiger partial charge in [0.05, 0.1) is 0 Å². The van der Waals surface area contributed by atoms with Gasteiger partial charge >= 0.3 is 12.1 Å². The van der Waals surface area contributed by atoms with Gasteiger partial charge in [-0.1, -0.05) is 0 Å². The molecule has 1 aliphatic rings. The van der Waals surface area contributed by atoms with Gasteiger partial charge in [-0.05, 0) is 13.8 Å². The zero-order chi connectivity index (χ0) is 10.2. The van der Waals surface area contributed by atoms with Crippen molar-refractivity contribution in [3.8, 4) is 0 Å². The SMILES string of the molecule is CC(C)N1C(=O)CN(C(N)=O)C1=O. The lowest BCUT2D eigenvalue weighted by Gasteiger charge is -2.17. The van der Waals surface area contributed by atoms with Gasteiger partial charge in [0.2, 0.25) is 0 Å². The molecule has 0 aromatic heterocycles. The second kappa shape index (κ2) is 3.04. The summed E-state index contributed by atoms with van der Waals surface area (Å²) in [4.78, 5) is 34.9. The quantitative estimate of drug-likeness (QED) is 0.571. The van der Waals surface area contributed by atoms with Gasteiger partial charge in [0, 0.05) is 6.04 Å². The Morgan fingerprint density at radius 3 is 2.23 bits per heavy atom. The highest BCUT2D eigenvalue weighted by Crippen LogP contribution is 2.12. The van der Waals surface area contributed by atoms with Crippen molar-refractivity contribution in [1.29, 1.82) is 0 Å². The van der Waals surface area contributed by atoms with Gasteiger partial charge in [0.15, 0.2) is 0 Å². The Hall–Kier alpha value is -1.59. The van der Waals surface area contributed by atoms with E-state index in [1.165, 1.54) is 0 Å². The minimum absolute atomic E-state index is 0.244. The number of rotatable bonds is 1. The highest BCUT2D eigenvalue weighted by atomic mass is 16.2. The summed E-state index contributed by atoms with van der Waals surface area (Å²) in [7, 11) is 0. The number of hydrogen-bond donors (Lipinski definition) is 1. The molecule has 2 N–H and O–H groups in total. The zero-order valence-electron chi connectivity index (χ0n) is 7.48. The summed E-state index contributed by atoms with van der Waals surface area (Å²) in [5, 5.41) is 0. The molecule has 13 heavy (non-hydrogen) atoms. The fourth-order valence-corrected chi connectivity index (χ4v) is 1.20. The van der Waals surface area contributed by atoms with E-state index in [4.69, 9.17) is 5.73 Å². The fraction of sp³-hybridized carbons (Fsp3) is 0.571. The Bertz CT molecular complexity index is 274. The van der Waals surface area contributed by atoms with E-state index in [9.17, 15) is 14.4 Å². The summed E-state index contributed by atoms with van der Waals surface area (Å²) in [6, 6.07) is -1.77. The maximum absolute atomic E-state index is 11.3. The first-order chi connectivity index (χ1) is 5.95. The van der Waals surface area contributed by atoms with Crippen LogP contribution in [0, 0.1) is 0 Å². The Kier molecular flexibility index (Phi) is 2.22. The van der Waals surface area contributed by atoms with Crippen molar-refractivity contribution < 1.29 is 14.4 Å². The van der Waals surface area contributed by atoms with E-state index in [1.54, 1.807) is 13.8 Å². The Morgan fingerprint density at radius 1 is 1.46 bits per heavy atom. The van der Waals surface area contributed by atoms with Gasteiger partial charge in [-0.15, -0.1) is 0 Å². The largest absolute Gasteiger partial charge is 0.351 e. The van der Waals surface area contributed by atoms with E-state index >= 15 is 0 Å². The van der Waals surface area contributed by atoms with Crippen LogP contribution in [0.15, 0.2) is 0 Å². The third-order valence-corrected chi connectivity index (χ3v) is 1.78. The summed E-state index contributed by atoms with van der Waals surface area (Å²) < 4.78 is 0. The summed E-state index contributed by atoms with van der Waals surface area (Å²) in [5.41, 5.74) is 4.90. The standard InChI is InChI=1S/C7H11N3O3/c1-4(2)10-5(11)3-9(6(8)12)7(10)13/h4H,3H2,1-2H3,(H2,8,12).